The molecule has 0 spiro atoms. The van der Waals surface area contributed by atoms with E-state index in [9.17, 15) is 9.90 Å². The largest absolute Gasteiger partial charge is 0.444 e. The van der Waals surface area contributed by atoms with E-state index in [1.54, 1.807) is 27.7 Å². The van der Waals surface area contributed by atoms with Crippen LogP contribution in [0.15, 0.2) is 0 Å². The van der Waals surface area contributed by atoms with E-state index in [1.807, 2.05) is 0 Å². The Kier molecular flexibility index (Phi) is 7.10. The van der Waals surface area contributed by atoms with Gasteiger partial charge in [0.05, 0.1) is 12.7 Å². The van der Waals surface area contributed by atoms with Gasteiger partial charge in [-0.1, -0.05) is 0 Å². The number of aliphatic hydroxyl groups excluding tert-OH is 1. The van der Waals surface area contributed by atoms with Crippen LogP contribution in [-0.2, 0) is 14.2 Å². The van der Waals surface area contributed by atoms with Crippen LogP contribution in [0, 0.1) is 0 Å². The maximum atomic E-state index is 11.2. The highest BCUT2D eigenvalue weighted by molar-refractivity contribution is 5.67. The normalized spacial score (nSPS) is 15.2. The molecule has 1 unspecified atom stereocenters. The molecular formula is C11H23NO5. The molecule has 0 bridgehead atoms. The molecule has 0 aliphatic carbocycles. The summed E-state index contributed by atoms with van der Waals surface area (Å²) in [5, 5.41) is 11.9. The highest BCUT2D eigenvalue weighted by Crippen LogP contribution is 2.06. The molecule has 0 radical (unpaired) electrons. The number of carbonyl (C=O) groups excluding carboxylic acids is 1. The molecule has 0 heterocycles. The average Bonchev–Trinajstić information content (AvgIpc) is 2.20. The Hall–Kier alpha value is -0.850. The van der Waals surface area contributed by atoms with E-state index < -0.39 is 17.8 Å². The average molecular weight is 249 g/mol. The molecule has 0 aromatic heterocycles. The summed E-state index contributed by atoms with van der Waals surface area (Å²) in [6.45, 7) is 7.19. The zero-order valence-electron chi connectivity index (χ0n) is 11.1. The lowest BCUT2D eigenvalue weighted by Gasteiger charge is -2.21. The van der Waals surface area contributed by atoms with Crippen LogP contribution in [0.25, 0.3) is 0 Å². The zero-order valence-corrected chi connectivity index (χ0v) is 11.1. The quantitative estimate of drug-likeness (QED) is 0.683. The molecule has 0 aromatic carbocycles. The van der Waals surface area contributed by atoms with Crippen LogP contribution in [0.3, 0.4) is 0 Å². The molecule has 102 valence electrons. The first kappa shape index (κ1) is 16.1. The van der Waals surface area contributed by atoms with Gasteiger partial charge < -0.3 is 24.6 Å². The molecule has 0 aliphatic rings. The topological polar surface area (TPSA) is 77.0 Å². The fraction of sp³-hybridized carbons (Fsp3) is 0.909. The molecule has 0 fully saturated rings. The van der Waals surface area contributed by atoms with Crippen LogP contribution in [0.5, 0.6) is 0 Å². The highest BCUT2D eigenvalue weighted by atomic mass is 16.7. The minimum atomic E-state index is -0.792. The van der Waals surface area contributed by atoms with Gasteiger partial charge in [-0.15, -0.1) is 0 Å². The Morgan fingerprint density at radius 3 is 2.47 bits per heavy atom. The first-order valence-electron chi connectivity index (χ1n) is 5.54. The summed E-state index contributed by atoms with van der Waals surface area (Å²) in [6.07, 6.45) is -1.73. The van der Waals surface area contributed by atoms with E-state index in [2.05, 4.69) is 5.32 Å². The smallest absolute Gasteiger partial charge is 0.407 e. The fourth-order valence-corrected chi connectivity index (χ4v) is 0.889. The van der Waals surface area contributed by atoms with E-state index in [0.29, 0.717) is 0 Å². The van der Waals surface area contributed by atoms with Crippen LogP contribution in [0.1, 0.15) is 27.7 Å². The van der Waals surface area contributed by atoms with Gasteiger partial charge in [0.15, 0.2) is 6.29 Å². The van der Waals surface area contributed by atoms with Crippen LogP contribution >= 0.6 is 0 Å². The summed E-state index contributed by atoms with van der Waals surface area (Å²) in [5.41, 5.74) is -0.546. The molecule has 6 nitrogen and oxygen atoms in total. The van der Waals surface area contributed by atoms with Crippen molar-refractivity contribution in [2.75, 3.05) is 20.3 Å². The number of nitrogens with one attached hydrogen (secondary N) is 1. The predicted molar refractivity (Wildman–Crippen MR) is 62.7 cm³/mol. The molecule has 0 saturated carbocycles. The molecule has 2 atom stereocenters. The van der Waals surface area contributed by atoms with Crippen LogP contribution in [-0.4, -0.2) is 49.5 Å². The number of rotatable bonds is 6. The summed E-state index contributed by atoms with van der Waals surface area (Å²) in [5.74, 6) is 0. The second-order valence-corrected chi connectivity index (χ2v) is 4.67. The summed E-state index contributed by atoms with van der Waals surface area (Å²) < 4.78 is 15.0. The minimum absolute atomic E-state index is 0.0747. The second-order valence-electron chi connectivity index (χ2n) is 4.67. The van der Waals surface area contributed by atoms with Crippen molar-refractivity contribution in [3.8, 4) is 0 Å². The maximum Gasteiger partial charge on any atom is 0.407 e. The molecule has 0 saturated heterocycles. The van der Waals surface area contributed by atoms with Gasteiger partial charge >= 0.3 is 6.09 Å². The van der Waals surface area contributed by atoms with E-state index in [0.717, 1.165) is 0 Å². The molecule has 0 rings (SSSR count). The van der Waals surface area contributed by atoms with Crippen LogP contribution in [0.2, 0.25) is 0 Å². The summed E-state index contributed by atoms with van der Waals surface area (Å²) in [4.78, 5) is 11.2. The van der Waals surface area contributed by atoms with Gasteiger partial charge in [-0.3, -0.25) is 0 Å². The van der Waals surface area contributed by atoms with Gasteiger partial charge in [-0.25, -0.2) is 4.79 Å². The van der Waals surface area contributed by atoms with Crippen LogP contribution < -0.4 is 5.32 Å². The molecule has 1 amide bonds. The lowest BCUT2D eigenvalue weighted by Crippen LogP contribution is -2.38. The minimum Gasteiger partial charge on any atom is -0.444 e. The number of hydrogen-bond acceptors (Lipinski definition) is 5. The fourth-order valence-electron chi connectivity index (χ4n) is 0.889. The van der Waals surface area contributed by atoms with Gasteiger partial charge in [-0.2, -0.15) is 0 Å². The van der Waals surface area contributed by atoms with Crippen molar-refractivity contribution < 1.29 is 24.1 Å². The van der Waals surface area contributed by atoms with Gasteiger partial charge in [0.2, 0.25) is 0 Å². The van der Waals surface area contributed by atoms with Crippen molar-refractivity contribution in [1.82, 2.24) is 5.32 Å². The number of aliphatic hydroxyl groups is 1. The van der Waals surface area contributed by atoms with Crippen molar-refractivity contribution in [3.05, 3.63) is 0 Å². The van der Waals surface area contributed by atoms with Gasteiger partial charge in [0.1, 0.15) is 5.60 Å². The van der Waals surface area contributed by atoms with Crippen molar-refractivity contribution in [2.24, 2.45) is 0 Å². The van der Waals surface area contributed by atoms with Crippen molar-refractivity contribution in [1.29, 1.82) is 0 Å². The summed E-state index contributed by atoms with van der Waals surface area (Å²) >= 11 is 0. The standard InChI is InChI=1S/C11H23NO5/c1-8(15-5)16-7-9(13)6-12-10(14)17-11(2,3)4/h8-9,13H,6-7H2,1-5H3,(H,12,14)/t8?,9-/m1/s1. The van der Waals surface area contributed by atoms with E-state index in [-0.39, 0.29) is 19.4 Å². The molecule has 0 aliphatic heterocycles. The Morgan fingerprint density at radius 1 is 1.41 bits per heavy atom. The third-order valence-electron chi connectivity index (χ3n) is 1.74. The van der Waals surface area contributed by atoms with E-state index in [1.165, 1.54) is 7.11 Å². The Labute approximate surface area is 102 Å². The van der Waals surface area contributed by atoms with Gasteiger partial charge in [0, 0.05) is 13.7 Å². The Balaban J connectivity index is 3.69. The molecule has 17 heavy (non-hydrogen) atoms. The SMILES string of the molecule is COC(C)OC[C@H](O)CNC(=O)OC(C)(C)C. The lowest BCUT2D eigenvalue weighted by atomic mass is 10.2. The first-order valence-corrected chi connectivity index (χ1v) is 5.54. The third-order valence-corrected chi connectivity index (χ3v) is 1.74. The number of ether oxygens (including phenoxy) is 3. The Morgan fingerprint density at radius 2 is 2.00 bits per heavy atom. The monoisotopic (exact) mass is 249 g/mol. The van der Waals surface area contributed by atoms with Crippen molar-refractivity contribution >= 4 is 6.09 Å². The summed E-state index contributed by atoms with van der Waals surface area (Å²) in [7, 11) is 1.51. The van der Waals surface area contributed by atoms with Gasteiger partial charge in [-0.05, 0) is 27.7 Å². The Bertz CT molecular complexity index is 226. The second kappa shape index (κ2) is 7.47. The molecule has 0 aromatic rings. The number of methoxy groups -OCH3 is 1. The van der Waals surface area contributed by atoms with Gasteiger partial charge in [0.25, 0.3) is 0 Å². The first-order chi connectivity index (χ1) is 7.74. The number of hydrogen-bond donors (Lipinski definition) is 2. The number of amides is 1. The third kappa shape index (κ3) is 10.0. The van der Waals surface area contributed by atoms with Crippen molar-refractivity contribution in [2.45, 2.75) is 45.7 Å². The summed E-state index contributed by atoms with van der Waals surface area (Å²) in [6, 6.07) is 0. The lowest BCUT2D eigenvalue weighted by molar-refractivity contribution is -0.129. The molecule has 6 heteroatoms. The highest BCUT2D eigenvalue weighted by Gasteiger charge is 2.17. The van der Waals surface area contributed by atoms with Crippen LogP contribution in [0.4, 0.5) is 4.79 Å². The maximum absolute atomic E-state index is 11.2. The zero-order chi connectivity index (χ0) is 13.5. The van der Waals surface area contributed by atoms with Crippen molar-refractivity contribution in [3.63, 3.8) is 0 Å². The molecule has 2 N–H and O–H groups in total. The van der Waals surface area contributed by atoms with E-state index >= 15 is 0 Å². The number of alkyl carbamates (subject to hydrolysis) is 1. The number of carbonyl (C=O) groups is 1. The molecular weight excluding hydrogens is 226 g/mol. The van der Waals surface area contributed by atoms with E-state index in [4.69, 9.17) is 14.2 Å². The predicted octanol–water partition coefficient (Wildman–Crippen LogP) is 0.881.